The van der Waals surface area contributed by atoms with Crippen LogP contribution in [0.3, 0.4) is 0 Å². The molecule has 3 atom stereocenters. The topological polar surface area (TPSA) is 77.1 Å². The van der Waals surface area contributed by atoms with Crippen LogP contribution >= 0.6 is 0 Å². The molecule has 160 valence electrons. The predicted molar refractivity (Wildman–Crippen MR) is 109 cm³/mol. The van der Waals surface area contributed by atoms with Gasteiger partial charge in [0.25, 0.3) is 11.8 Å². The number of morpholine rings is 1. The highest BCUT2D eigenvalue weighted by molar-refractivity contribution is 5.95. The number of methoxy groups -OCH3 is 1. The second kappa shape index (κ2) is 9.96. The van der Waals surface area contributed by atoms with E-state index in [1.165, 1.54) is 13.5 Å². The van der Waals surface area contributed by atoms with Gasteiger partial charge in [-0.15, -0.1) is 0 Å². The summed E-state index contributed by atoms with van der Waals surface area (Å²) in [7, 11) is 1.53. The molecule has 29 heavy (non-hydrogen) atoms. The van der Waals surface area contributed by atoms with Crippen LogP contribution in [0.2, 0.25) is 0 Å². The van der Waals surface area contributed by atoms with Crippen molar-refractivity contribution in [2.24, 2.45) is 11.8 Å². The number of ether oxygens (including phenoxy) is 3. The van der Waals surface area contributed by atoms with Crippen LogP contribution in [0, 0.1) is 11.8 Å². The molecule has 0 bridgehead atoms. The number of hydrogen-bond donors (Lipinski definition) is 1. The normalized spacial score (nSPS) is 24.7. The van der Waals surface area contributed by atoms with Gasteiger partial charge >= 0.3 is 0 Å². The Hall–Kier alpha value is -2.28. The first-order valence-corrected chi connectivity index (χ1v) is 10.5. The number of nitrogens with zero attached hydrogens (tertiary/aromatic N) is 1. The number of carbonyl (C=O) groups is 2. The van der Waals surface area contributed by atoms with E-state index in [0.717, 1.165) is 12.8 Å². The third-order valence-electron chi connectivity index (χ3n) is 6.16. The molecule has 0 aromatic heterocycles. The fraction of sp³-hybridized carbons (Fsp3) is 0.636. The minimum atomic E-state index is -0.106. The minimum absolute atomic E-state index is 0.0701. The maximum Gasteiger partial charge on any atom is 0.260 e. The van der Waals surface area contributed by atoms with Gasteiger partial charge in [-0.25, -0.2) is 0 Å². The Bertz CT molecular complexity index is 717. The first kappa shape index (κ1) is 21.4. The fourth-order valence-corrected chi connectivity index (χ4v) is 4.01. The summed E-state index contributed by atoms with van der Waals surface area (Å²) in [6.07, 6.45) is 3.37. The summed E-state index contributed by atoms with van der Waals surface area (Å²) in [5, 5.41) is 3.17. The highest BCUT2D eigenvalue weighted by Crippen LogP contribution is 2.31. The van der Waals surface area contributed by atoms with Crippen LogP contribution in [0.1, 0.15) is 43.5 Å². The first-order valence-electron chi connectivity index (χ1n) is 10.5. The average Bonchev–Trinajstić information content (AvgIpc) is 2.75. The van der Waals surface area contributed by atoms with E-state index in [0.29, 0.717) is 55.2 Å². The van der Waals surface area contributed by atoms with Crippen molar-refractivity contribution in [3.8, 4) is 11.5 Å². The maximum atomic E-state index is 12.7. The molecule has 1 N–H and O–H groups in total. The minimum Gasteiger partial charge on any atom is -0.493 e. The lowest BCUT2D eigenvalue weighted by Crippen LogP contribution is -2.43. The largest absolute Gasteiger partial charge is 0.493 e. The summed E-state index contributed by atoms with van der Waals surface area (Å²) in [5.41, 5.74) is 0.527. The average molecular weight is 405 g/mol. The van der Waals surface area contributed by atoms with Gasteiger partial charge in [-0.3, -0.25) is 9.59 Å². The molecule has 1 aromatic rings. The van der Waals surface area contributed by atoms with Crippen LogP contribution in [0.15, 0.2) is 18.2 Å². The molecule has 2 amide bonds. The predicted octanol–water partition coefficient (Wildman–Crippen LogP) is 2.49. The lowest BCUT2D eigenvalue weighted by atomic mass is 9.78. The molecule has 2 aliphatic rings. The Morgan fingerprint density at radius 3 is 2.66 bits per heavy atom. The number of benzene rings is 1. The fourth-order valence-electron chi connectivity index (χ4n) is 4.01. The Balaban J connectivity index is 1.60. The van der Waals surface area contributed by atoms with Gasteiger partial charge in [-0.05, 0) is 36.5 Å². The number of carbonyl (C=O) groups excluding carboxylic acids is 2. The van der Waals surface area contributed by atoms with Crippen LogP contribution in [-0.2, 0) is 9.53 Å². The van der Waals surface area contributed by atoms with Crippen molar-refractivity contribution in [1.29, 1.82) is 0 Å². The van der Waals surface area contributed by atoms with Crippen LogP contribution in [0.4, 0.5) is 0 Å². The Kier molecular flexibility index (Phi) is 7.36. The SMILES string of the molecule is COc1cc(C(=O)N[C@H]2CCC[C@@H](C)[C@@H]2C)ccc1OCC(=O)N1CCOCC1. The molecule has 1 heterocycles. The molecule has 1 saturated carbocycles. The summed E-state index contributed by atoms with van der Waals surface area (Å²) in [4.78, 5) is 26.7. The molecule has 3 rings (SSSR count). The number of nitrogens with one attached hydrogen (secondary N) is 1. The van der Waals surface area contributed by atoms with Gasteiger partial charge < -0.3 is 24.4 Å². The quantitative estimate of drug-likeness (QED) is 0.788. The molecule has 7 nitrogen and oxygen atoms in total. The van der Waals surface area contributed by atoms with E-state index < -0.39 is 0 Å². The molecular formula is C22H32N2O5. The maximum absolute atomic E-state index is 12.7. The lowest BCUT2D eigenvalue weighted by Gasteiger charge is -2.34. The summed E-state index contributed by atoms with van der Waals surface area (Å²) < 4.78 is 16.3. The van der Waals surface area contributed by atoms with Crippen molar-refractivity contribution in [3.63, 3.8) is 0 Å². The van der Waals surface area contributed by atoms with Gasteiger partial charge in [-0.1, -0.05) is 26.7 Å². The van der Waals surface area contributed by atoms with E-state index in [9.17, 15) is 9.59 Å². The van der Waals surface area contributed by atoms with Crippen molar-refractivity contribution < 1.29 is 23.8 Å². The molecule has 1 aliphatic carbocycles. The van der Waals surface area contributed by atoms with E-state index in [2.05, 4.69) is 19.2 Å². The van der Waals surface area contributed by atoms with Crippen LogP contribution in [-0.4, -0.2) is 62.8 Å². The molecule has 2 fully saturated rings. The van der Waals surface area contributed by atoms with Crippen molar-refractivity contribution in [2.45, 2.75) is 39.2 Å². The lowest BCUT2D eigenvalue weighted by molar-refractivity contribution is -0.137. The highest BCUT2D eigenvalue weighted by Gasteiger charge is 2.28. The second-order valence-corrected chi connectivity index (χ2v) is 7.99. The number of rotatable bonds is 6. The molecule has 1 aromatic carbocycles. The number of hydrogen-bond acceptors (Lipinski definition) is 5. The van der Waals surface area contributed by atoms with Crippen molar-refractivity contribution in [1.82, 2.24) is 10.2 Å². The summed E-state index contributed by atoms with van der Waals surface area (Å²) >= 11 is 0. The van der Waals surface area contributed by atoms with Gasteiger partial charge in [0.1, 0.15) is 0 Å². The third kappa shape index (κ3) is 5.41. The molecule has 0 radical (unpaired) electrons. The monoisotopic (exact) mass is 404 g/mol. The molecule has 1 saturated heterocycles. The van der Waals surface area contributed by atoms with Gasteiger partial charge in [0, 0.05) is 24.7 Å². The van der Waals surface area contributed by atoms with Crippen molar-refractivity contribution in [3.05, 3.63) is 23.8 Å². The first-order chi connectivity index (χ1) is 14.0. The standard InChI is InChI=1S/C22H32N2O5/c1-15-5-4-6-18(16(15)2)23-22(26)17-7-8-19(20(13-17)27-3)29-14-21(25)24-9-11-28-12-10-24/h7-8,13,15-16,18H,4-6,9-12,14H2,1-3H3,(H,23,26)/t15-,16+,18+/m1/s1. The zero-order valence-electron chi connectivity index (χ0n) is 17.6. The molecule has 0 unspecified atom stereocenters. The zero-order valence-corrected chi connectivity index (χ0v) is 17.6. The Labute approximate surface area is 172 Å². The van der Waals surface area contributed by atoms with Gasteiger partial charge in [0.05, 0.1) is 20.3 Å². The van der Waals surface area contributed by atoms with Crippen LogP contribution in [0.25, 0.3) is 0 Å². The second-order valence-electron chi connectivity index (χ2n) is 7.99. The molecular weight excluding hydrogens is 372 g/mol. The van der Waals surface area contributed by atoms with E-state index in [-0.39, 0.29) is 24.5 Å². The van der Waals surface area contributed by atoms with Crippen LogP contribution in [0.5, 0.6) is 11.5 Å². The highest BCUT2D eigenvalue weighted by atomic mass is 16.5. The van der Waals surface area contributed by atoms with E-state index in [1.54, 1.807) is 23.1 Å². The molecule has 7 heteroatoms. The summed E-state index contributed by atoms with van der Waals surface area (Å²) in [6, 6.07) is 5.26. The summed E-state index contributed by atoms with van der Waals surface area (Å²) in [5.74, 6) is 1.78. The van der Waals surface area contributed by atoms with Crippen molar-refractivity contribution in [2.75, 3.05) is 40.0 Å². The van der Waals surface area contributed by atoms with E-state index in [4.69, 9.17) is 14.2 Å². The molecule has 0 spiro atoms. The smallest absolute Gasteiger partial charge is 0.260 e. The Morgan fingerprint density at radius 1 is 1.17 bits per heavy atom. The van der Waals surface area contributed by atoms with Crippen molar-refractivity contribution >= 4 is 11.8 Å². The summed E-state index contributed by atoms with van der Waals surface area (Å²) in [6.45, 7) is 6.65. The number of amides is 2. The van der Waals surface area contributed by atoms with E-state index >= 15 is 0 Å². The Morgan fingerprint density at radius 2 is 1.93 bits per heavy atom. The third-order valence-corrected chi connectivity index (χ3v) is 6.16. The van der Waals surface area contributed by atoms with Crippen LogP contribution < -0.4 is 14.8 Å². The van der Waals surface area contributed by atoms with Gasteiger partial charge in [-0.2, -0.15) is 0 Å². The van der Waals surface area contributed by atoms with Gasteiger partial charge in [0.15, 0.2) is 18.1 Å². The van der Waals surface area contributed by atoms with Gasteiger partial charge in [0.2, 0.25) is 0 Å². The molecule has 1 aliphatic heterocycles. The van der Waals surface area contributed by atoms with E-state index in [1.807, 2.05) is 0 Å². The zero-order chi connectivity index (χ0) is 20.8.